The van der Waals surface area contributed by atoms with Crippen LogP contribution >= 0.6 is 0 Å². The molecule has 5 heteroatoms. The molecule has 0 radical (unpaired) electrons. The highest BCUT2D eigenvalue weighted by Gasteiger charge is 2.27. The summed E-state index contributed by atoms with van der Waals surface area (Å²) in [6, 6.07) is 11.2. The quantitative estimate of drug-likeness (QED) is 0.886. The topological polar surface area (TPSA) is 73.9 Å². The number of hydrogen-bond acceptors (Lipinski definition) is 5. The van der Waals surface area contributed by atoms with Crippen LogP contribution in [-0.2, 0) is 6.54 Å². The van der Waals surface area contributed by atoms with Crippen molar-refractivity contribution in [2.45, 2.75) is 38.0 Å². The van der Waals surface area contributed by atoms with Gasteiger partial charge in [0.15, 0.2) is 5.75 Å². The van der Waals surface area contributed by atoms with E-state index >= 15 is 0 Å². The van der Waals surface area contributed by atoms with E-state index in [0.29, 0.717) is 18.7 Å². The molecule has 1 aromatic heterocycles. The molecule has 2 atom stereocenters. The fourth-order valence-electron chi connectivity index (χ4n) is 3.17. The summed E-state index contributed by atoms with van der Waals surface area (Å²) in [5.41, 5.74) is 0.502. The molecule has 2 N–H and O–H groups in total. The van der Waals surface area contributed by atoms with Gasteiger partial charge in [0, 0.05) is 12.1 Å². The highest BCUT2D eigenvalue weighted by atomic mass is 16.4. The summed E-state index contributed by atoms with van der Waals surface area (Å²) in [6.45, 7) is 1.43. The van der Waals surface area contributed by atoms with Crippen LogP contribution in [0.2, 0.25) is 0 Å². The number of rotatable bonds is 5. The van der Waals surface area contributed by atoms with E-state index in [9.17, 15) is 15.0 Å². The van der Waals surface area contributed by atoms with Crippen LogP contribution in [0.15, 0.2) is 51.9 Å². The number of aliphatic hydroxyl groups excluding tert-OH is 1. The third kappa shape index (κ3) is 3.81. The standard InChI is InChI=1S/C18H21NO4/c20-16(13-5-2-1-3-6-13)9-14-7-4-8-19(14)11-15-10-17(21)18(22)12-23-15/h1-3,5-6,10,12,14,16,20,22H,4,7-9,11H2/t14-,16-/m0/s1. The predicted molar refractivity (Wildman–Crippen MR) is 86.1 cm³/mol. The maximum absolute atomic E-state index is 11.5. The molecule has 1 aliphatic heterocycles. The molecule has 3 rings (SSSR count). The number of benzene rings is 1. The largest absolute Gasteiger partial charge is 0.502 e. The first kappa shape index (κ1) is 15.8. The Morgan fingerprint density at radius 1 is 1.30 bits per heavy atom. The molecule has 1 fully saturated rings. The Morgan fingerprint density at radius 3 is 2.83 bits per heavy atom. The second kappa shape index (κ2) is 6.98. The van der Waals surface area contributed by atoms with E-state index in [1.807, 2.05) is 30.3 Å². The van der Waals surface area contributed by atoms with Gasteiger partial charge in [0.2, 0.25) is 5.43 Å². The Bertz CT molecular complexity index is 698. The van der Waals surface area contributed by atoms with E-state index in [-0.39, 0.29) is 11.8 Å². The zero-order valence-corrected chi connectivity index (χ0v) is 12.9. The van der Waals surface area contributed by atoms with Gasteiger partial charge in [-0.25, -0.2) is 0 Å². The van der Waals surface area contributed by atoms with Gasteiger partial charge >= 0.3 is 0 Å². The average Bonchev–Trinajstić information content (AvgIpc) is 2.98. The summed E-state index contributed by atoms with van der Waals surface area (Å²) in [5.74, 6) is 0.167. The van der Waals surface area contributed by atoms with Gasteiger partial charge in [0.25, 0.3) is 0 Å². The minimum atomic E-state index is -0.492. The minimum Gasteiger partial charge on any atom is -0.502 e. The number of aromatic hydroxyl groups is 1. The van der Waals surface area contributed by atoms with Gasteiger partial charge in [-0.2, -0.15) is 0 Å². The van der Waals surface area contributed by atoms with E-state index in [1.54, 1.807) is 0 Å². The first-order valence-electron chi connectivity index (χ1n) is 7.91. The highest BCUT2D eigenvalue weighted by molar-refractivity contribution is 5.18. The minimum absolute atomic E-state index is 0.254. The third-order valence-electron chi connectivity index (χ3n) is 4.40. The van der Waals surface area contributed by atoms with Gasteiger partial charge in [0.05, 0.1) is 12.6 Å². The van der Waals surface area contributed by atoms with Crippen molar-refractivity contribution in [1.29, 1.82) is 0 Å². The first-order chi connectivity index (χ1) is 11.1. The molecule has 0 aliphatic carbocycles. The lowest BCUT2D eigenvalue weighted by atomic mass is 10.0. The summed E-state index contributed by atoms with van der Waals surface area (Å²) in [4.78, 5) is 13.7. The molecule has 0 saturated carbocycles. The number of hydrogen-bond donors (Lipinski definition) is 2. The smallest absolute Gasteiger partial charge is 0.226 e. The molecule has 0 spiro atoms. The van der Waals surface area contributed by atoms with Crippen LogP contribution in [0, 0.1) is 0 Å². The van der Waals surface area contributed by atoms with Crippen molar-refractivity contribution in [1.82, 2.24) is 4.90 Å². The van der Waals surface area contributed by atoms with Crippen molar-refractivity contribution in [2.75, 3.05) is 6.54 Å². The molecular formula is C18H21NO4. The second-order valence-electron chi connectivity index (χ2n) is 6.02. The maximum Gasteiger partial charge on any atom is 0.226 e. The summed E-state index contributed by atoms with van der Waals surface area (Å²) in [5, 5.41) is 19.7. The van der Waals surface area contributed by atoms with Crippen molar-refractivity contribution in [3.63, 3.8) is 0 Å². The number of likely N-dealkylation sites (tertiary alicyclic amines) is 1. The molecule has 1 aromatic carbocycles. The molecule has 2 aromatic rings. The van der Waals surface area contributed by atoms with Crippen molar-refractivity contribution >= 4 is 0 Å². The molecular weight excluding hydrogens is 294 g/mol. The SMILES string of the molecule is O=c1cc(CN2CCC[C@H]2C[C@H](O)c2ccccc2)occ1O. The maximum atomic E-state index is 11.5. The Morgan fingerprint density at radius 2 is 2.09 bits per heavy atom. The normalized spacial score (nSPS) is 19.8. The van der Waals surface area contributed by atoms with Crippen LogP contribution in [-0.4, -0.2) is 27.7 Å². The average molecular weight is 315 g/mol. The summed E-state index contributed by atoms with van der Waals surface area (Å²) in [7, 11) is 0. The van der Waals surface area contributed by atoms with Crippen molar-refractivity contribution in [2.24, 2.45) is 0 Å². The van der Waals surface area contributed by atoms with Gasteiger partial charge in [-0.05, 0) is 31.4 Å². The molecule has 122 valence electrons. The van der Waals surface area contributed by atoms with Crippen LogP contribution in [0.4, 0.5) is 0 Å². The first-order valence-corrected chi connectivity index (χ1v) is 7.91. The van der Waals surface area contributed by atoms with Gasteiger partial charge in [-0.15, -0.1) is 0 Å². The van der Waals surface area contributed by atoms with Crippen molar-refractivity contribution in [3.8, 4) is 5.75 Å². The fraction of sp³-hybridized carbons (Fsp3) is 0.389. The van der Waals surface area contributed by atoms with Crippen LogP contribution in [0.3, 0.4) is 0 Å². The fourth-order valence-corrected chi connectivity index (χ4v) is 3.17. The van der Waals surface area contributed by atoms with Crippen molar-refractivity contribution < 1.29 is 14.6 Å². The molecule has 1 aliphatic rings. The predicted octanol–water partition coefficient (Wildman–Crippen LogP) is 2.43. The zero-order chi connectivity index (χ0) is 16.2. The lowest BCUT2D eigenvalue weighted by molar-refractivity contribution is 0.114. The second-order valence-corrected chi connectivity index (χ2v) is 6.02. The van der Waals surface area contributed by atoms with Crippen LogP contribution in [0.5, 0.6) is 5.75 Å². The summed E-state index contributed by atoms with van der Waals surface area (Å²) >= 11 is 0. The Balaban J connectivity index is 1.65. The molecule has 2 heterocycles. The lowest BCUT2D eigenvalue weighted by Crippen LogP contribution is -2.30. The number of nitrogens with zero attached hydrogens (tertiary/aromatic N) is 1. The number of aliphatic hydroxyl groups is 1. The third-order valence-corrected chi connectivity index (χ3v) is 4.40. The van der Waals surface area contributed by atoms with Gasteiger partial charge in [-0.3, -0.25) is 9.69 Å². The highest BCUT2D eigenvalue weighted by Crippen LogP contribution is 2.28. The van der Waals surface area contributed by atoms with Gasteiger partial charge in [-0.1, -0.05) is 30.3 Å². The summed E-state index contributed by atoms with van der Waals surface area (Å²) in [6.07, 6.45) is 3.34. The summed E-state index contributed by atoms with van der Waals surface area (Å²) < 4.78 is 5.28. The lowest BCUT2D eigenvalue weighted by Gasteiger charge is -2.26. The monoisotopic (exact) mass is 315 g/mol. The van der Waals surface area contributed by atoms with Crippen LogP contribution in [0.25, 0.3) is 0 Å². The van der Waals surface area contributed by atoms with E-state index in [0.717, 1.165) is 31.2 Å². The van der Waals surface area contributed by atoms with E-state index in [2.05, 4.69) is 4.90 Å². The van der Waals surface area contributed by atoms with E-state index < -0.39 is 11.5 Å². The molecule has 23 heavy (non-hydrogen) atoms. The van der Waals surface area contributed by atoms with Crippen molar-refractivity contribution in [3.05, 3.63) is 64.2 Å². The molecule has 0 amide bonds. The van der Waals surface area contributed by atoms with E-state index in [4.69, 9.17) is 4.42 Å². The Labute approximate surface area is 134 Å². The Kier molecular flexibility index (Phi) is 4.79. The Hall–Kier alpha value is -2.11. The molecule has 5 nitrogen and oxygen atoms in total. The molecule has 1 saturated heterocycles. The van der Waals surface area contributed by atoms with Gasteiger partial charge in [0.1, 0.15) is 12.0 Å². The zero-order valence-electron chi connectivity index (χ0n) is 12.9. The van der Waals surface area contributed by atoms with Crippen LogP contribution in [0.1, 0.15) is 36.7 Å². The van der Waals surface area contributed by atoms with Crippen LogP contribution < -0.4 is 5.43 Å². The van der Waals surface area contributed by atoms with E-state index in [1.165, 1.54) is 6.07 Å². The van der Waals surface area contributed by atoms with Gasteiger partial charge < -0.3 is 14.6 Å². The molecule has 0 bridgehead atoms. The molecule has 0 unspecified atom stereocenters.